The molecule has 0 amide bonds. The number of dihydropyridines is 1. The van der Waals surface area contributed by atoms with Gasteiger partial charge in [0.1, 0.15) is 6.10 Å². The fourth-order valence-corrected chi connectivity index (χ4v) is 5.12. The van der Waals surface area contributed by atoms with Gasteiger partial charge in [-0.3, -0.25) is 4.90 Å². The molecule has 1 heterocycles. The van der Waals surface area contributed by atoms with Crippen LogP contribution in [0.25, 0.3) is 0 Å². The minimum absolute atomic E-state index is 0.264. The van der Waals surface area contributed by atoms with E-state index in [1.165, 1.54) is 7.11 Å². The van der Waals surface area contributed by atoms with Gasteiger partial charge in [0, 0.05) is 24.5 Å². The second kappa shape index (κ2) is 12.9. The molecule has 3 aromatic carbocycles. The molecule has 2 atom stereocenters. The maximum absolute atomic E-state index is 14.1. The number of methoxy groups -OCH3 is 1. The molecule has 0 fully saturated rings. The van der Waals surface area contributed by atoms with E-state index >= 15 is 0 Å². The zero-order chi connectivity index (χ0) is 28.6. The molecule has 0 saturated heterocycles. The van der Waals surface area contributed by atoms with Crippen molar-refractivity contribution in [1.82, 2.24) is 10.2 Å². The van der Waals surface area contributed by atoms with Crippen molar-refractivity contribution >= 4 is 11.9 Å². The Morgan fingerprint density at radius 3 is 2.10 bits per heavy atom. The van der Waals surface area contributed by atoms with Gasteiger partial charge in [0.2, 0.25) is 0 Å². The summed E-state index contributed by atoms with van der Waals surface area (Å²) in [6.45, 7) is 4.65. The highest BCUT2D eigenvalue weighted by Crippen LogP contribution is 2.41. The van der Waals surface area contributed by atoms with E-state index < -0.39 is 24.0 Å². The van der Waals surface area contributed by atoms with Gasteiger partial charge in [-0.1, -0.05) is 78.9 Å². The minimum Gasteiger partial charge on any atom is -0.466 e. The summed E-state index contributed by atoms with van der Waals surface area (Å²) in [5.41, 5.74) is 4.54. The van der Waals surface area contributed by atoms with Crippen LogP contribution in [0.4, 0.5) is 0 Å². The normalized spacial score (nSPS) is 15.8. The van der Waals surface area contributed by atoms with Crippen LogP contribution in [0.1, 0.15) is 48.1 Å². The molecule has 204 valence electrons. The van der Waals surface area contributed by atoms with Gasteiger partial charge >= 0.3 is 11.9 Å². The summed E-state index contributed by atoms with van der Waals surface area (Å²) >= 11 is 0. The zero-order valence-corrected chi connectivity index (χ0v) is 23.2. The first kappa shape index (κ1) is 28.3. The van der Waals surface area contributed by atoms with Gasteiger partial charge in [0.05, 0.1) is 35.8 Å². The Morgan fingerprint density at radius 2 is 1.48 bits per heavy atom. The first-order chi connectivity index (χ1) is 19.3. The number of nitrogens with zero attached hydrogens (tertiary/aromatic N) is 2. The van der Waals surface area contributed by atoms with Crippen LogP contribution in [0.5, 0.6) is 0 Å². The quantitative estimate of drug-likeness (QED) is 0.368. The molecule has 2 unspecified atom stereocenters. The van der Waals surface area contributed by atoms with Crippen LogP contribution in [0.3, 0.4) is 0 Å². The topological polar surface area (TPSA) is 91.7 Å². The highest BCUT2D eigenvalue weighted by Gasteiger charge is 2.39. The number of likely N-dealkylation sites (N-methyl/N-ethyl adjacent to an activating group) is 1. The molecule has 7 heteroatoms. The number of ether oxygens (including phenoxy) is 2. The summed E-state index contributed by atoms with van der Waals surface area (Å²) in [7, 11) is 3.28. The standard InChI is InChI=1S/C33H33N3O4/c1-22-29(32(37)39-4)31(27-18-12-11-17-26(27)19-34)30(23(2)35-22)33(38)40-28(25-15-9-6-10-16-25)21-36(3)20-24-13-7-5-8-14-24/h5-18,28,31,35H,20-21H2,1-4H3. The maximum atomic E-state index is 14.1. The third kappa shape index (κ3) is 6.31. The van der Waals surface area contributed by atoms with Crippen LogP contribution in [0, 0.1) is 11.3 Å². The highest BCUT2D eigenvalue weighted by molar-refractivity contribution is 6.00. The van der Waals surface area contributed by atoms with Crippen molar-refractivity contribution < 1.29 is 19.1 Å². The number of hydrogen-bond donors (Lipinski definition) is 1. The molecule has 0 aromatic heterocycles. The van der Waals surface area contributed by atoms with Crippen LogP contribution < -0.4 is 5.32 Å². The van der Waals surface area contributed by atoms with Crippen molar-refractivity contribution in [2.75, 3.05) is 20.7 Å². The van der Waals surface area contributed by atoms with Gasteiger partial charge in [-0.2, -0.15) is 5.26 Å². The Bertz CT molecular complexity index is 1470. The van der Waals surface area contributed by atoms with Gasteiger partial charge in [-0.25, -0.2) is 9.59 Å². The first-order valence-electron chi connectivity index (χ1n) is 13.1. The summed E-state index contributed by atoms with van der Waals surface area (Å²) in [4.78, 5) is 29.2. The summed E-state index contributed by atoms with van der Waals surface area (Å²) in [5.74, 6) is -1.99. The van der Waals surface area contributed by atoms with E-state index in [-0.39, 0.29) is 11.1 Å². The third-order valence-electron chi connectivity index (χ3n) is 6.97. The summed E-state index contributed by atoms with van der Waals surface area (Å²) in [6, 6.07) is 28.8. The molecule has 0 spiro atoms. The Morgan fingerprint density at radius 1 is 0.900 bits per heavy atom. The van der Waals surface area contributed by atoms with Crippen molar-refractivity contribution in [3.05, 3.63) is 130 Å². The molecule has 40 heavy (non-hydrogen) atoms. The molecule has 4 rings (SSSR count). The Kier molecular flexibility index (Phi) is 9.15. The lowest BCUT2D eigenvalue weighted by atomic mass is 9.78. The van der Waals surface area contributed by atoms with Gasteiger partial charge in [0.25, 0.3) is 0 Å². The lowest BCUT2D eigenvalue weighted by Gasteiger charge is -2.32. The molecule has 0 bridgehead atoms. The lowest BCUT2D eigenvalue weighted by Crippen LogP contribution is -2.34. The highest BCUT2D eigenvalue weighted by atomic mass is 16.5. The van der Waals surface area contributed by atoms with Crippen LogP contribution in [0.2, 0.25) is 0 Å². The van der Waals surface area contributed by atoms with Gasteiger partial charge in [-0.15, -0.1) is 0 Å². The van der Waals surface area contributed by atoms with E-state index in [1.807, 2.05) is 55.6 Å². The molecule has 0 radical (unpaired) electrons. The smallest absolute Gasteiger partial charge is 0.337 e. The summed E-state index contributed by atoms with van der Waals surface area (Å²) in [5, 5.41) is 13.0. The average Bonchev–Trinajstić information content (AvgIpc) is 2.96. The van der Waals surface area contributed by atoms with Crippen LogP contribution in [0.15, 0.2) is 107 Å². The number of nitrogens with one attached hydrogen (secondary N) is 1. The molecular weight excluding hydrogens is 502 g/mol. The minimum atomic E-state index is -0.837. The number of rotatable bonds is 9. The molecule has 0 saturated carbocycles. The van der Waals surface area contributed by atoms with E-state index in [4.69, 9.17) is 9.47 Å². The number of esters is 2. The Balaban J connectivity index is 1.71. The molecule has 1 aliphatic rings. The number of benzene rings is 3. The predicted octanol–water partition coefficient (Wildman–Crippen LogP) is 5.38. The SMILES string of the molecule is COC(=O)C1=C(C)NC(C)=C(C(=O)OC(CN(C)Cc2ccccc2)c2ccccc2)C1c1ccccc1C#N. The van der Waals surface area contributed by atoms with Crippen molar-refractivity contribution in [3.8, 4) is 6.07 Å². The van der Waals surface area contributed by atoms with E-state index in [0.717, 1.165) is 11.1 Å². The van der Waals surface area contributed by atoms with Crippen LogP contribution in [-0.4, -0.2) is 37.5 Å². The largest absolute Gasteiger partial charge is 0.466 e. The third-order valence-corrected chi connectivity index (χ3v) is 6.97. The Hall–Kier alpha value is -4.67. The first-order valence-corrected chi connectivity index (χ1v) is 13.1. The van der Waals surface area contributed by atoms with Gasteiger partial charge < -0.3 is 14.8 Å². The van der Waals surface area contributed by atoms with Crippen molar-refractivity contribution in [2.45, 2.75) is 32.4 Å². The molecule has 1 aliphatic heterocycles. The van der Waals surface area contributed by atoms with Gasteiger partial charge in [0.15, 0.2) is 0 Å². The van der Waals surface area contributed by atoms with Crippen molar-refractivity contribution in [1.29, 1.82) is 5.26 Å². The molecule has 1 N–H and O–H groups in total. The molecule has 0 aliphatic carbocycles. The van der Waals surface area contributed by atoms with Gasteiger partial charge in [-0.05, 0) is 43.7 Å². The monoisotopic (exact) mass is 535 g/mol. The number of nitriles is 1. The average molecular weight is 536 g/mol. The molecule has 3 aromatic rings. The number of allylic oxidation sites excluding steroid dienone is 2. The summed E-state index contributed by atoms with van der Waals surface area (Å²) < 4.78 is 11.3. The summed E-state index contributed by atoms with van der Waals surface area (Å²) in [6.07, 6.45) is -0.580. The van der Waals surface area contributed by atoms with E-state index in [2.05, 4.69) is 28.4 Å². The molecular formula is C33H33N3O4. The van der Waals surface area contributed by atoms with Crippen LogP contribution in [-0.2, 0) is 25.6 Å². The second-order valence-electron chi connectivity index (χ2n) is 9.81. The molecule has 7 nitrogen and oxygen atoms in total. The zero-order valence-electron chi connectivity index (χ0n) is 23.2. The van der Waals surface area contributed by atoms with Crippen LogP contribution >= 0.6 is 0 Å². The second-order valence-corrected chi connectivity index (χ2v) is 9.81. The van der Waals surface area contributed by atoms with E-state index in [9.17, 15) is 14.9 Å². The predicted molar refractivity (Wildman–Crippen MR) is 153 cm³/mol. The number of hydrogen-bond acceptors (Lipinski definition) is 7. The Labute approximate surface area is 235 Å². The lowest BCUT2D eigenvalue weighted by molar-refractivity contribution is -0.146. The maximum Gasteiger partial charge on any atom is 0.337 e. The van der Waals surface area contributed by atoms with E-state index in [1.54, 1.807) is 38.1 Å². The number of carbonyl (C=O) groups excluding carboxylic acids is 2. The van der Waals surface area contributed by atoms with Crippen molar-refractivity contribution in [2.24, 2.45) is 0 Å². The fourth-order valence-electron chi connectivity index (χ4n) is 5.12. The fraction of sp³-hybridized carbons (Fsp3) is 0.242. The number of carbonyl (C=O) groups is 2. The van der Waals surface area contributed by atoms with E-state index in [0.29, 0.717) is 35.6 Å². The van der Waals surface area contributed by atoms with Crippen molar-refractivity contribution in [3.63, 3.8) is 0 Å².